The molecule has 1 aliphatic rings. The first-order valence-electron chi connectivity index (χ1n) is 8.03. The number of methoxy groups -OCH3 is 1. The molecule has 0 radical (unpaired) electrons. The van der Waals surface area contributed by atoms with Crippen LogP contribution in [0.4, 0.5) is 5.69 Å². The monoisotopic (exact) mass is 358 g/mol. The van der Waals surface area contributed by atoms with Crippen molar-refractivity contribution in [1.82, 2.24) is 5.32 Å². The Hall–Kier alpha value is -2.53. The van der Waals surface area contributed by atoms with Gasteiger partial charge in [0, 0.05) is 30.2 Å². The van der Waals surface area contributed by atoms with E-state index < -0.39 is 0 Å². The van der Waals surface area contributed by atoms with Crippen LogP contribution in [0.15, 0.2) is 48.5 Å². The number of carbonyl (C=O) groups excluding carboxylic acids is 2. The van der Waals surface area contributed by atoms with Crippen LogP contribution in [0.2, 0.25) is 5.02 Å². The number of carbonyl (C=O) groups is 2. The maximum Gasteiger partial charge on any atom is 0.227 e. The standard InChI is InChI=1S/C19H19ClN2O3/c1-25-17-8-6-16(7-9-17)22-12-14(10-18(22)23)19(24)21-11-13-2-4-15(20)5-3-13/h2-9,14H,10-12H2,1H3,(H,21,24). The fourth-order valence-electron chi connectivity index (χ4n) is 2.83. The fraction of sp³-hybridized carbons (Fsp3) is 0.263. The third kappa shape index (κ3) is 4.12. The molecule has 1 saturated heterocycles. The van der Waals surface area contributed by atoms with Gasteiger partial charge in [0.25, 0.3) is 0 Å². The van der Waals surface area contributed by atoms with E-state index in [1.807, 2.05) is 24.3 Å². The Kier molecular flexibility index (Phi) is 5.24. The van der Waals surface area contributed by atoms with Gasteiger partial charge < -0.3 is 15.0 Å². The van der Waals surface area contributed by atoms with Crippen molar-refractivity contribution in [2.24, 2.45) is 5.92 Å². The average molecular weight is 359 g/mol. The Labute approximate surface area is 151 Å². The first-order valence-corrected chi connectivity index (χ1v) is 8.41. The molecule has 3 rings (SSSR count). The fourth-order valence-corrected chi connectivity index (χ4v) is 2.96. The Morgan fingerprint density at radius 3 is 2.52 bits per heavy atom. The maximum atomic E-state index is 12.4. The predicted octanol–water partition coefficient (Wildman–Crippen LogP) is 3.02. The van der Waals surface area contributed by atoms with Crippen molar-refractivity contribution in [3.63, 3.8) is 0 Å². The maximum absolute atomic E-state index is 12.4. The number of anilines is 1. The topological polar surface area (TPSA) is 58.6 Å². The van der Waals surface area contributed by atoms with Crippen molar-refractivity contribution in [1.29, 1.82) is 0 Å². The lowest BCUT2D eigenvalue weighted by molar-refractivity contribution is -0.126. The second kappa shape index (κ2) is 7.57. The molecule has 2 aromatic rings. The van der Waals surface area contributed by atoms with Gasteiger partial charge in [0.05, 0.1) is 13.0 Å². The van der Waals surface area contributed by atoms with E-state index in [9.17, 15) is 9.59 Å². The first kappa shape index (κ1) is 17.3. The van der Waals surface area contributed by atoms with Crippen molar-refractivity contribution in [2.45, 2.75) is 13.0 Å². The molecule has 0 bridgehead atoms. The molecule has 1 heterocycles. The van der Waals surface area contributed by atoms with Gasteiger partial charge in [0.2, 0.25) is 11.8 Å². The van der Waals surface area contributed by atoms with Crippen molar-refractivity contribution in [2.75, 3.05) is 18.6 Å². The summed E-state index contributed by atoms with van der Waals surface area (Å²) in [6.07, 6.45) is 0.221. The van der Waals surface area contributed by atoms with Gasteiger partial charge in [-0.25, -0.2) is 0 Å². The van der Waals surface area contributed by atoms with E-state index in [1.54, 1.807) is 36.3 Å². The molecule has 0 aromatic heterocycles. The van der Waals surface area contributed by atoms with E-state index in [0.29, 0.717) is 18.1 Å². The van der Waals surface area contributed by atoms with Crippen molar-refractivity contribution in [3.8, 4) is 5.75 Å². The molecule has 6 heteroatoms. The number of hydrogen-bond acceptors (Lipinski definition) is 3. The number of hydrogen-bond donors (Lipinski definition) is 1. The van der Waals surface area contributed by atoms with Gasteiger partial charge in [-0.05, 0) is 42.0 Å². The zero-order valence-electron chi connectivity index (χ0n) is 13.9. The van der Waals surface area contributed by atoms with Crippen LogP contribution in [0.1, 0.15) is 12.0 Å². The minimum atomic E-state index is -0.345. The third-order valence-electron chi connectivity index (χ3n) is 4.26. The molecule has 1 N–H and O–H groups in total. The highest BCUT2D eigenvalue weighted by molar-refractivity contribution is 6.30. The third-order valence-corrected chi connectivity index (χ3v) is 4.51. The van der Waals surface area contributed by atoms with Gasteiger partial charge in [0.1, 0.15) is 5.75 Å². The average Bonchev–Trinajstić information content (AvgIpc) is 3.03. The van der Waals surface area contributed by atoms with Gasteiger partial charge >= 0.3 is 0 Å². The minimum Gasteiger partial charge on any atom is -0.497 e. The second-order valence-corrected chi connectivity index (χ2v) is 6.38. The summed E-state index contributed by atoms with van der Waals surface area (Å²) in [5.41, 5.74) is 1.74. The summed E-state index contributed by atoms with van der Waals surface area (Å²) in [5.74, 6) is 0.227. The van der Waals surface area contributed by atoms with Crippen molar-refractivity contribution >= 4 is 29.1 Å². The minimum absolute atomic E-state index is 0.0446. The van der Waals surface area contributed by atoms with Crippen LogP contribution in [0.5, 0.6) is 5.75 Å². The molecule has 1 unspecified atom stereocenters. The van der Waals surface area contributed by atoms with E-state index in [0.717, 1.165) is 17.0 Å². The molecule has 0 saturated carbocycles. The predicted molar refractivity (Wildman–Crippen MR) is 96.8 cm³/mol. The molecule has 1 aliphatic heterocycles. The number of benzene rings is 2. The highest BCUT2D eigenvalue weighted by Crippen LogP contribution is 2.27. The van der Waals surface area contributed by atoms with E-state index in [4.69, 9.17) is 16.3 Å². The van der Waals surface area contributed by atoms with Crippen LogP contribution in [0, 0.1) is 5.92 Å². The second-order valence-electron chi connectivity index (χ2n) is 5.95. The lowest BCUT2D eigenvalue weighted by Gasteiger charge is -2.17. The van der Waals surface area contributed by atoms with Crippen LogP contribution >= 0.6 is 11.6 Å². The summed E-state index contributed by atoms with van der Waals surface area (Å²) >= 11 is 5.85. The zero-order chi connectivity index (χ0) is 17.8. The molecule has 0 spiro atoms. The van der Waals surface area contributed by atoms with Gasteiger partial charge in [-0.1, -0.05) is 23.7 Å². The summed E-state index contributed by atoms with van der Waals surface area (Å²) < 4.78 is 5.12. The van der Waals surface area contributed by atoms with Crippen molar-refractivity contribution in [3.05, 3.63) is 59.1 Å². The number of nitrogens with zero attached hydrogens (tertiary/aromatic N) is 1. The van der Waals surface area contributed by atoms with E-state index >= 15 is 0 Å². The molecule has 130 valence electrons. The van der Waals surface area contributed by atoms with Crippen LogP contribution in [-0.2, 0) is 16.1 Å². The Morgan fingerprint density at radius 2 is 1.88 bits per heavy atom. The molecule has 1 fully saturated rings. The van der Waals surface area contributed by atoms with E-state index in [2.05, 4.69) is 5.32 Å². The molecular weight excluding hydrogens is 340 g/mol. The van der Waals surface area contributed by atoms with Crippen LogP contribution in [-0.4, -0.2) is 25.5 Å². The number of rotatable bonds is 5. The summed E-state index contributed by atoms with van der Waals surface area (Å²) in [4.78, 5) is 26.3. The number of amides is 2. The molecule has 5 nitrogen and oxygen atoms in total. The lowest BCUT2D eigenvalue weighted by Crippen LogP contribution is -2.32. The molecule has 1 atom stereocenters. The van der Waals surface area contributed by atoms with Crippen molar-refractivity contribution < 1.29 is 14.3 Å². The Balaban J connectivity index is 1.59. The van der Waals surface area contributed by atoms with Gasteiger partial charge in [-0.2, -0.15) is 0 Å². The SMILES string of the molecule is COc1ccc(N2CC(C(=O)NCc3ccc(Cl)cc3)CC2=O)cc1. The Morgan fingerprint density at radius 1 is 1.20 bits per heavy atom. The Bertz CT molecular complexity index is 759. The number of nitrogens with one attached hydrogen (secondary N) is 1. The largest absolute Gasteiger partial charge is 0.497 e. The summed E-state index contributed by atoms with van der Waals surface area (Å²) in [6, 6.07) is 14.6. The molecule has 2 aromatic carbocycles. The van der Waals surface area contributed by atoms with Crippen LogP contribution in [0.25, 0.3) is 0 Å². The number of ether oxygens (including phenoxy) is 1. The normalized spacial score (nSPS) is 16.8. The molecule has 0 aliphatic carbocycles. The molecular formula is C19H19ClN2O3. The summed E-state index contributed by atoms with van der Waals surface area (Å²) in [7, 11) is 1.59. The molecule has 2 amide bonds. The highest BCUT2D eigenvalue weighted by atomic mass is 35.5. The van der Waals surface area contributed by atoms with Gasteiger partial charge in [0.15, 0.2) is 0 Å². The molecule has 25 heavy (non-hydrogen) atoms. The van der Waals surface area contributed by atoms with E-state index in [-0.39, 0.29) is 24.2 Å². The van der Waals surface area contributed by atoms with Gasteiger partial charge in [-0.3, -0.25) is 9.59 Å². The van der Waals surface area contributed by atoms with Crippen LogP contribution in [0.3, 0.4) is 0 Å². The van der Waals surface area contributed by atoms with Crippen LogP contribution < -0.4 is 15.0 Å². The zero-order valence-corrected chi connectivity index (χ0v) is 14.6. The quantitative estimate of drug-likeness (QED) is 0.893. The number of halogens is 1. The first-order chi connectivity index (χ1) is 12.1. The summed E-state index contributed by atoms with van der Waals surface area (Å²) in [5, 5.41) is 3.55. The lowest BCUT2D eigenvalue weighted by atomic mass is 10.1. The van der Waals surface area contributed by atoms with E-state index in [1.165, 1.54) is 0 Å². The summed E-state index contributed by atoms with van der Waals surface area (Å²) in [6.45, 7) is 0.806. The smallest absolute Gasteiger partial charge is 0.227 e. The highest BCUT2D eigenvalue weighted by Gasteiger charge is 2.34. The van der Waals surface area contributed by atoms with Gasteiger partial charge in [-0.15, -0.1) is 0 Å².